The van der Waals surface area contributed by atoms with Crippen LogP contribution in [0.15, 0.2) is 53.4 Å². The minimum atomic E-state index is -1.08. The number of hydrogen-bond donors (Lipinski definition) is 2. The Kier molecular flexibility index (Phi) is 6.53. The minimum Gasteiger partial charge on any atom is -0.482 e. The summed E-state index contributed by atoms with van der Waals surface area (Å²) in [6, 6.07) is 13.6. The van der Waals surface area contributed by atoms with Gasteiger partial charge in [0.2, 0.25) is 5.91 Å². The second-order valence-electron chi connectivity index (χ2n) is 6.44. The molecule has 2 aromatic carbocycles. The Morgan fingerprint density at radius 2 is 1.90 bits per heavy atom. The number of imide groups is 1. The van der Waals surface area contributed by atoms with E-state index in [1.807, 2.05) is 13.0 Å². The fourth-order valence-electron chi connectivity index (χ4n) is 2.66. The Morgan fingerprint density at radius 3 is 2.57 bits per heavy atom. The van der Waals surface area contributed by atoms with Gasteiger partial charge >= 0.3 is 5.97 Å². The number of thioether (sulfide) groups is 1. The van der Waals surface area contributed by atoms with Gasteiger partial charge in [0.25, 0.3) is 11.1 Å². The molecule has 0 aliphatic carbocycles. The van der Waals surface area contributed by atoms with E-state index in [-0.39, 0.29) is 11.4 Å². The smallest absolute Gasteiger partial charge is 0.341 e. The number of carbonyl (C=O) groups is 4. The minimum absolute atomic E-state index is 0.197. The molecule has 9 heteroatoms. The molecule has 3 amide bonds. The molecule has 1 saturated heterocycles. The molecule has 0 bridgehead atoms. The summed E-state index contributed by atoms with van der Waals surface area (Å²) in [4.78, 5) is 48.6. The van der Waals surface area contributed by atoms with E-state index in [0.29, 0.717) is 17.0 Å². The van der Waals surface area contributed by atoms with Crippen LogP contribution in [-0.4, -0.2) is 46.2 Å². The van der Waals surface area contributed by atoms with Gasteiger partial charge in [-0.05, 0) is 60.2 Å². The van der Waals surface area contributed by atoms with E-state index in [1.54, 1.807) is 42.5 Å². The number of carbonyl (C=O) groups excluding carboxylic acids is 3. The average Bonchev–Trinajstić information content (AvgIpc) is 2.95. The number of ether oxygens (including phenoxy) is 1. The van der Waals surface area contributed by atoms with Gasteiger partial charge in [-0.25, -0.2) is 4.79 Å². The van der Waals surface area contributed by atoms with E-state index in [1.165, 1.54) is 6.08 Å². The van der Waals surface area contributed by atoms with Gasteiger partial charge in [0.15, 0.2) is 6.61 Å². The summed E-state index contributed by atoms with van der Waals surface area (Å²) in [6.45, 7) is 1.06. The highest BCUT2D eigenvalue weighted by Crippen LogP contribution is 2.32. The second kappa shape index (κ2) is 9.27. The van der Waals surface area contributed by atoms with E-state index in [9.17, 15) is 19.2 Å². The van der Waals surface area contributed by atoms with Crippen molar-refractivity contribution in [1.29, 1.82) is 0 Å². The van der Waals surface area contributed by atoms with Crippen molar-refractivity contribution in [1.82, 2.24) is 4.90 Å². The van der Waals surface area contributed by atoms with Crippen LogP contribution in [0.5, 0.6) is 5.75 Å². The van der Waals surface area contributed by atoms with E-state index in [4.69, 9.17) is 9.84 Å². The normalized spacial score (nSPS) is 14.8. The monoisotopic (exact) mass is 426 g/mol. The molecule has 1 heterocycles. The summed E-state index contributed by atoms with van der Waals surface area (Å²) < 4.78 is 5.05. The molecule has 1 fully saturated rings. The highest BCUT2D eigenvalue weighted by molar-refractivity contribution is 8.18. The summed E-state index contributed by atoms with van der Waals surface area (Å²) in [5.41, 5.74) is 2.20. The molecular weight excluding hydrogens is 408 g/mol. The van der Waals surface area contributed by atoms with Crippen LogP contribution >= 0.6 is 11.8 Å². The third kappa shape index (κ3) is 5.48. The van der Waals surface area contributed by atoms with Gasteiger partial charge in [-0.3, -0.25) is 19.3 Å². The SMILES string of the molecule is Cc1cccc(NC(=O)CN2C(=O)S/C(=C/c3ccc(OCC(=O)O)cc3)C2=O)c1. The summed E-state index contributed by atoms with van der Waals surface area (Å²) >= 11 is 0.755. The fraction of sp³-hybridized carbons (Fsp3) is 0.143. The molecule has 0 radical (unpaired) electrons. The van der Waals surface area contributed by atoms with Crippen LogP contribution < -0.4 is 10.1 Å². The van der Waals surface area contributed by atoms with Crippen molar-refractivity contribution in [2.24, 2.45) is 0 Å². The van der Waals surface area contributed by atoms with Crippen LogP contribution in [0.25, 0.3) is 6.08 Å². The Morgan fingerprint density at radius 1 is 1.17 bits per heavy atom. The average molecular weight is 426 g/mol. The first-order chi connectivity index (χ1) is 14.3. The van der Waals surface area contributed by atoms with Gasteiger partial charge in [-0.2, -0.15) is 0 Å². The third-order valence-electron chi connectivity index (χ3n) is 4.02. The number of nitrogens with one attached hydrogen (secondary N) is 1. The number of carboxylic acid groups (broad SMARTS) is 1. The molecule has 8 nitrogen and oxygen atoms in total. The van der Waals surface area contributed by atoms with E-state index >= 15 is 0 Å². The molecule has 30 heavy (non-hydrogen) atoms. The highest BCUT2D eigenvalue weighted by atomic mass is 32.2. The Hall–Kier alpha value is -3.59. The number of hydrogen-bond acceptors (Lipinski definition) is 6. The topological polar surface area (TPSA) is 113 Å². The zero-order chi connectivity index (χ0) is 21.7. The summed E-state index contributed by atoms with van der Waals surface area (Å²) in [5.74, 6) is -1.73. The maximum absolute atomic E-state index is 12.6. The van der Waals surface area contributed by atoms with E-state index in [2.05, 4.69) is 5.32 Å². The summed E-state index contributed by atoms with van der Waals surface area (Å²) in [6.07, 6.45) is 1.53. The largest absolute Gasteiger partial charge is 0.482 e. The van der Waals surface area contributed by atoms with Crippen molar-refractivity contribution >= 4 is 46.5 Å². The first kappa shape index (κ1) is 21.1. The number of anilines is 1. The quantitative estimate of drug-likeness (QED) is 0.654. The van der Waals surface area contributed by atoms with Crippen molar-refractivity contribution in [3.05, 3.63) is 64.6 Å². The standard InChI is InChI=1S/C21H18N2O6S/c1-13-3-2-4-15(9-13)22-18(24)11-23-20(27)17(30-21(23)28)10-14-5-7-16(8-6-14)29-12-19(25)26/h2-10H,11-12H2,1H3,(H,22,24)(H,25,26)/b17-10+. The highest BCUT2D eigenvalue weighted by Gasteiger charge is 2.36. The zero-order valence-electron chi connectivity index (χ0n) is 16.0. The maximum atomic E-state index is 12.6. The predicted octanol–water partition coefficient (Wildman–Crippen LogP) is 3.13. The molecule has 0 aromatic heterocycles. The third-order valence-corrected chi connectivity index (χ3v) is 4.92. The number of rotatable bonds is 7. The molecule has 0 saturated carbocycles. The Labute approximate surface area is 176 Å². The van der Waals surface area contributed by atoms with Gasteiger partial charge in [-0.1, -0.05) is 24.3 Å². The molecule has 0 atom stereocenters. The number of aryl methyl sites for hydroxylation is 1. The van der Waals surface area contributed by atoms with Crippen LogP contribution in [0.1, 0.15) is 11.1 Å². The lowest BCUT2D eigenvalue weighted by Crippen LogP contribution is -2.36. The summed E-state index contributed by atoms with van der Waals surface area (Å²) in [7, 11) is 0. The number of carboxylic acids is 1. The molecule has 1 aliphatic rings. The lowest BCUT2D eigenvalue weighted by Gasteiger charge is -2.12. The van der Waals surface area contributed by atoms with Crippen LogP contribution in [0.2, 0.25) is 0 Å². The predicted molar refractivity (Wildman–Crippen MR) is 112 cm³/mol. The molecule has 0 unspecified atom stereocenters. The van der Waals surface area contributed by atoms with Crippen molar-refractivity contribution in [3.8, 4) is 5.75 Å². The molecule has 3 rings (SSSR count). The van der Waals surface area contributed by atoms with E-state index in [0.717, 1.165) is 22.2 Å². The van der Waals surface area contributed by atoms with Crippen LogP contribution in [-0.2, 0) is 14.4 Å². The number of amides is 3. The van der Waals surface area contributed by atoms with Gasteiger partial charge < -0.3 is 15.2 Å². The number of benzene rings is 2. The fourth-order valence-corrected chi connectivity index (χ4v) is 3.50. The van der Waals surface area contributed by atoms with Crippen molar-refractivity contribution in [3.63, 3.8) is 0 Å². The van der Waals surface area contributed by atoms with Crippen LogP contribution in [0.3, 0.4) is 0 Å². The molecule has 0 spiro atoms. The van der Waals surface area contributed by atoms with Crippen molar-refractivity contribution in [2.75, 3.05) is 18.5 Å². The van der Waals surface area contributed by atoms with E-state index < -0.39 is 29.6 Å². The Bertz CT molecular complexity index is 1030. The molecule has 154 valence electrons. The molecular formula is C21H18N2O6S. The number of nitrogens with zero attached hydrogens (tertiary/aromatic N) is 1. The summed E-state index contributed by atoms with van der Waals surface area (Å²) in [5, 5.41) is 10.8. The first-order valence-corrected chi connectivity index (χ1v) is 9.70. The maximum Gasteiger partial charge on any atom is 0.341 e. The Balaban J connectivity index is 1.63. The molecule has 2 N–H and O–H groups in total. The van der Waals surface area contributed by atoms with Crippen molar-refractivity contribution < 1.29 is 29.0 Å². The molecule has 2 aromatic rings. The van der Waals surface area contributed by atoms with Crippen LogP contribution in [0.4, 0.5) is 10.5 Å². The molecule has 1 aliphatic heterocycles. The van der Waals surface area contributed by atoms with Gasteiger partial charge in [0.05, 0.1) is 4.91 Å². The zero-order valence-corrected chi connectivity index (χ0v) is 16.8. The second-order valence-corrected chi connectivity index (χ2v) is 7.43. The van der Waals surface area contributed by atoms with Gasteiger partial charge in [0, 0.05) is 5.69 Å². The van der Waals surface area contributed by atoms with Crippen LogP contribution in [0, 0.1) is 6.92 Å². The van der Waals surface area contributed by atoms with Gasteiger partial charge in [-0.15, -0.1) is 0 Å². The lowest BCUT2D eigenvalue weighted by atomic mass is 10.2. The number of aliphatic carboxylic acids is 1. The van der Waals surface area contributed by atoms with Crippen molar-refractivity contribution in [2.45, 2.75) is 6.92 Å². The van der Waals surface area contributed by atoms with Gasteiger partial charge in [0.1, 0.15) is 12.3 Å². The first-order valence-electron chi connectivity index (χ1n) is 8.88. The lowest BCUT2D eigenvalue weighted by molar-refractivity contribution is -0.139.